The summed E-state index contributed by atoms with van der Waals surface area (Å²) >= 11 is 1.62. The summed E-state index contributed by atoms with van der Waals surface area (Å²) in [4.78, 5) is 30.9. The molecule has 0 spiro atoms. The summed E-state index contributed by atoms with van der Waals surface area (Å²) in [5.74, 6) is -1.03. The van der Waals surface area contributed by atoms with Crippen LogP contribution in [0, 0.1) is 30.1 Å². The van der Waals surface area contributed by atoms with Crippen LogP contribution in [-0.2, 0) is 20.7 Å². The molecule has 1 aromatic rings. The van der Waals surface area contributed by atoms with E-state index in [-0.39, 0.29) is 47.7 Å². The van der Waals surface area contributed by atoms with E-state index in [0.29, 0.717) is 6.42 Å². The fourth-order valence-electron chi connectivity index (χ4n) is 5.49. The predicted molar refractivity (Wildman–Crippen MR) is 137 cm³/mol. The number of ketones is 1. The van der Waals surface area contributed by atoms with Crippen molar-refractivity contribution in [2.24, 2.45) is 23.2 Å². The second-order valence-electron chi connectivity index (χ2n) is 11.8. The summed E-state index contributed by atoms with van der Waals surface area (Å²) < 4.78 is 6.12. The molecule has 2 fully saturated rings. The van der Waals surface area contributed by atoms with E-state index in [4.69, 9.17) is 4.74 Å². The van der Waals surface area contributed by atoms with E-state index in [0.717, 1.165) is 36.4 Å². The van der Waals surface area contributed by atoms with Gasteiger partial charge in [-0.05, 0) is 51.4 Å². The van der Waals surface area contributed by atoms with Crippen molar-refractivity contribution >= 4 is 23.0 Å². The van der Waals surface area contributed by atoms with Crippen molar-refractivity contribution in [3.8, 4) is 0 Å². The number of carbonyl (C=O) groups excluding carboxylic acids is 2. The highest BCUT2D eigenvalue weighted by Crippen LogP contribution is 2.44. The molecule has 2 aliphatic heterocycles. The molecular weight excluding hydrogens is 464 g/mol. The average molecular weight is 509 g/mol. The van der Waals surface area contributed by atoms with Gasteiger partial charge in [-0.15, -0.1) is 11.3 Å². The van der Waals surface area contributed by atoms with Gasteiger partial charge < -0.3 is 20.3 Å². The number of rotatable bonds is 3. The summed E-state index contributed by atoms with van der Waals surface area (Å²) in [5.41, 5.74) is -0.356. The predicted octanol–water partition coefficient (Wildman–Crippen LogP) is 3.83. The van der Waals surface area contributed by atoms with Crippen molar-refractivity contribution in [1.82, 2.24) is 10.3 Å². The molecule has 3 heterocycles. The first kappa shape index (κ1) is 28.2. The molecule has 2 aliphatic rings. The Labute approximate surface area is 214 Å². The van der Waals surface area contributed by atoms with Gasteiger partial charge in [-0.3, -0.25) is 9.59 Å². The summed E-state index contributed by atoms with van der Waals surface area (Å²) in [6.07, 6.45) is 1.96. The molecule has 0 saturated carbocycles. The average Bonchev–Trinajstić information content (AvgIpc) is 3.22. The van der Waals surface area contributed by atoms with Crippen LogP contribution in [0.4, 0.5) is 0 Å². The Hall–Kier alpha value is -1.35. The van der Waals surface area contributed by atoms with Crippen LogP contribution < -0.4 is 5.32 Å². The van der Waals surface area contributed by atoms with E-state index >= 15 is 0 Å². The minimum absolute atomic E-state index is 0.0479. The van der Waals surface area contributed by atoms with Gasteiger partial charge in [0.15, 0.2) is 0 Å². The van der Waals surface area contributed by atoms with E-state index in [1.54, 1.807) is 32.1 Å². The van der Waals surface area contributed by atoms with Gasteiger partial charge in [0.25, 0.3) is 0 Å². The van der Waals surface area contributed by atoms with Crippen molar-refractivity contribution in [1.29, 1.82) is 0 Å². The van der Waals surface area contributed by atoms with Gasteiger partial charge in [-0.25, -0.2) is 4.98 Å². The summed E-state index contributed by atoms with van der Waals surface area (Å²) in [7, 11) is 0. The monoisotopic (exact) mass is 508 g/mol. The van der Waals surface area contributed by atoms with Crippen LogP contribution in [-0.4, -0.2) is 56.8 Å². The number of Topliss-reactive ketones (excluding diaryl/α,β-unsaturated/α-hetero) is 1. The Balaban J connectivity index is 1.80. The van der Waals surface area contributed by atoms with E-state index < -0.39 is 23.5 Å². The lowest BCUT2D eigenvalue weighted by molar-refractivity contribution is -0.143. The van der Waals surface area contributed by atoms with Crippen LogP contribution in [0.3, 0.4) is 0 Å². The summed E-state index contributed by atoms with van der Waals surface area (Å²) in [6, 6.07) is -0.130. The lowest BCUT2D eigenvalue weighted by atomic mass is 9.72. The van der Waals surface area contributed by atoms with E-state index in [1.807, 2.05) is 13.8 Å². The number of thiazole rings is 1. The van der Waals surface area contributed by atoms with E-state index in [9.17, 15) is 19.8 Å². The second-order valence-corrected chi connectivity index (χ2v) is 12.9. The first-order valence-corrected chi connectivity index (χ1v) is 13.9. The van der Waals surface area contributed by atoms with Crippen molar-refractivity contribution in [2.75, 3.05) is 0 Å². The zero-order valence-corrected chi connectivity index (χ0v) is 23.2. The van der Waals surface area contributed by atoms with Gasteiger partial charge >= 0.3 is 0 Å². The molecule has 35 heavy (non-hydrogen) atoms. The van der Waals surface area contributed by atoms with Crippen molar-refractivity contribution in [3.63, 3.8) is 0 Å². The molecule has 0 bridgehead atoms. The highest BCUT2D eigenvalue weighted by molar-refractivity contribution is 7.09. The maximum atomic E-state index is 13.2. The van der Waals surface area contributed by atoms with Crippen LogP contribution in [0.25, 0.3) is 0 Å². The summed E-state index contributed by atoms with van der Waals surface area (Å²) in [6.45, 7) is 13.2. The number of amides is 1. The van der Waals surface area contributed by atoms with Crippen LogP contribution in [0.1, 0.15) is 84.3 Å². The van der Waals surface area contributed by atoms with Crippen LogP contribution in [0.5, 0.6) is 0 Å². The fourth-order valence-corrected chi connectivity index (χ4v) is 6.11. The number of aliphatic hydroxyl groups is 2. The fraction of sp³-hybridized carbons (Fsp3) is 0.815. The number of aromatic nitrogens is 1. The highest BCUT2D eigenvalue weighted by atomic mass is 32.1. The SMILES string of the molecule is Cc1nc(CC(C)[C@@H]2C[C@@H]3O[C@]3(C)CCC[C@H](C)[C@H](O)[C@@H](C)C(=O)C(C)(C)[C@@H](O)CC(=O)N2)cs1. The normalized spacial score (nSPS) is 37.9. The van der Waals surface area contributed by atoms with Crippen LogP contribution in [0.15, 0.2) is 5.38 Å². The lowest BCUT2D eigenvalue weighted by Crippen LogP contribution is -2.48. The molecule has 7 nitrogen and oxygen atoms in total. The molecule has 1 amide bonds. The topological polar surface area (TPSA) is 112 Å². The molecule has 0 aromatic carbocycles. The minimum atomic E-state index is -1.15. The van der Waals surface area contributed by atoms with E-state index in [2.05, 4.69) is 29.5 Å². The molecule has 3 N–H and O–H groups in total. The molecule has 1 aromatic heterocycles. The van der Waals surface area contributed by atoms with Gasteiger partial charge in [0, 0.05) is 17.3 Å². The van der Waals surface area contributed by atoms with Crippen molar-refractivity contribution in [3.05, 3.63) is 16.1 Å². The number of aliphatic hydroxyl groups excluding tert-OH is 2. The molecule has 0 radical (unpaired) electrons. The van der Waals surface area contributed by atoms with Gasteiger partial charge in [-0.2, -0.15) is 0 Å². The number of nitrogens with one attached hydrogen (secondary N) is 1. The molecular formula is C27H44N2O5S. The van der Waals surface area contributed by atoms with Gasteiger partial charge in [-0.1, -0.05) is 41.0 Å². The number of hydrogen-bond acceptors (Lipinski definition) is 7. The second kappa shape index (κ2) is 11.0. The Morgan fingerprint density at radius 3 is 2.57 bits per heavy atom. The Morgan fingerprint density at radius 2 is 1.94 bits per heavy atom. The number of hydrogen-bond donors (Lipinski definition) is 3. The quantitative estimate of drug-likeness (QED) is 0.535. The molecule has 198 valence electrons. The maximum absolute atomic E-state index is 13.2. The third-order valence-electron chi connectivity index (χ3n) is 8.42. The van der Waals surface area contributed by atoms with Crippen molar-refractivity contribution in [2.45, 2.75) is 117 Å². The van der Waals surface area contributed by atoms with Gasteiger partial charge in [0.05, 0.1) is 46.5 Å². The zero-order valence-electron chi connectivity index (χ0n) is 22.3. The maximum Gasteiger partial charge on any atom is 0.222 e. The van der Waals surface area contributed by atoms with Crippen molar-refractivity contribution < 1.29 is 24.5 Å². The van der Waals surface area contributed by atoms with Crippen LogP contribution >= 0.6 is 11.3 Å². The number of ether oxygens (including phenoxy) is 1. The Kier molecular flexibility index (Phi) is 8.83. The number of epoxide rings is 1. The zero-order chi connectivity index (χ0) is 26.1. The lowest BCUT2D eigenvalue weighted by Gasteiger charge is -2.35. The third-order valence-corrected chi connectivity index (χ3v) is 9.25. The molecule has 8 heteroatoms. The number of carbonyl (C=O) groups is 2. The molecule has 2 saturated heterocycles. The minimum Gasteiger partial charge on any atom is -0.392 e. The first-order valence-electron chi connectivity index (χ1n) is 13.0. The number of aryl methyl sites for hydroxylation is 1. The largest absolute Gasteiger partial charge is 0.392 e. The molecule has 1 unspecified atom stereocenters. The summed E-state index contributed by atoms with van der Waals surface area (Å²) in [5, 5.41) is 28.0. The highest BCUT2D eigenvalue weighted by Gasteiger charge is 2.52. The van der Waals surface area contributed by atoms with Gasteiger partial charge in [0.1, 0.15) is 5.78 Å². The standard InChI is InChI=1S/C27H44N2O5S/c1-15-9-8-10-27(7)22(34-27)12-20(16(2)11-19-14-35-18(4)28-19)29-23(31)13-21(30)26(5,6)25(33)17(3)24(15)32/h14-17,20-22,24,30,32H,8-13H2,1-7H3,(H,29,31)/t15-,16?,17+,20-,21-,22-,24-,27+/m0/s1. The Morgan fingerprint density at radius 1 is 1.26 bits per heavy atom. The number of nitrogens with zero attached hydrogens (tertiary/aromatic N) is 1. The smallest absolute Gasteiger partial charge is 0.222 e. The van der Waals surface area contributed by atoms with Crippen LogP contribution in [0.2, 0.25) is 0 Å². The van der Waals surface area contributed by atoms with Gasteiger partial charge in [0.2, 0.25) is 5.91 Å². The molecule has 8 atom stereocenters. The molecule has 3 rings (SSSR count). The Bertz CT molecular complexity index is 902. The van der Waals surface area contributed by atoms with E-state index in [1.165, 1.54) is 0 Å². The number of fused-ring (bicyclic) bond motifs is 1. The first-order chi connectivity index (χ1) is 16.2. The molecule has 0 aliphatic carbocycles. The third kappa shape index (κ3) is 6.70.